The van der Waals surface area contributed by atoms with Crippen LogP contribution in [0.15, 0.2) is 67.0 Å². The molecule has 3 heterocycles. The third kappa shape index (κ3) is 4.09. The van der Waals surface area contributed by atoms with Crippen molar-refractivity contribution in [3.05, 3.63) is 95.3 Å². The van der Waals surface area contributed by atoms with Crippen LogP contribution in [-0.2, 0) is 17.6 Å². The zero-order chi connectivity index (χ0) is 19.3. The summed E-state index contributed by atoms with van der Waals surface area (Å²) in [4.78, 5) is 23.5. The van der Waals surface area contributed by atoms with E-state index in [0.717, 1.165) is 36.3 Å². The minimum atomic E-state index is -0.218. The Morgan fingerprint density at radius 1 is 1.07 bits per heavy atom. The van der Waals surface area contributed by atoms with Crippen LogP contribution in [-0.4, -0.2) is 27.3 Å². The van der Waals surface area contributed by atoms with Gasteiger partial charge in [-0.1, -0.05) is 24.3 Å². The highest BCUT2D eigenvalue weighted by molar-refractivity contribution is 5.79. The quantitative estimate of drug-likeness (QED) is 0.674. The van der Waals surface area contributed by atoms with Crippen molar-refractivity contribution in [1.82, 2.24) is 14.9 Å². The maximum atomic E-state index is 14.0. The molecule has 1 fully saturated rings. The van der Waals surface area contributed by atoms with E-state index in [1.54, 1.807) is 24.5 Å². The van der Waals surface area contributed by atoms with Crippen LogP contribution in [0.3, 0.4) is 0 Å². The zero-order valence-electron chi connectivity index (χ0n) is 15.6. The summed E-state index contributed by atoms with van der Waals surface area (Å²) in [5.41, 5.74) is 3.29. The summed E-state index contributed by atoms with van der Waals surface area (Å²) >= 11 is 0. The maximum absolute atomic E-state index is 14.0. The molecule has 1 aliphatic rings. The molecule has 0 radical (unpaired) electrons. The van der Waals surface area contributed by atoms with Gasteiger partial charge in [0.1, 0.15) is 5.82 Å². The van der Waals surface area contributed by atoms with E-state index >= 15 is 0 Å². The third-order valence-corrected chi connectivity index (χ3v) is 5.18. The Bertz CT molecular complexity index is 961. The Hall–Kier alpha value is -3.08. The average Bonchev–Trinajstić information content (AvgIpc) is 3.21. The fourth-order valence-electron chi connectivity index (χ4n) is 3.77. The number of carbonyl (C=O) groups excluding carboxylic acids is 1. The van der Waals surface area contributed by atoms with Gasteiger partial charge in [-0.3, -0.25) is 14.8 Å². The van der Waals surface area contributed by atoms with Gasteiger partial charge in [-0.2, -0.15) is 0 Å². The van der Waals surface area contributed by atoms with Gasteiger partial charge in [0, 0.05) is 31.1 Å². The molecule has 1 atom stereocenters. The molecular weight excluding hydrogens is 353 g/mol. The van der Waals surface area contributed by atoms with Crippen molar-refractivity contribution in [3.63, 3.8) is 0 Å². The van der Waals surface area contributed by atoms with E-state index in [9.17, 15) is 9.18 Å². The number of hydrogen-bond donors (Lipinski definition) is 0. The normalized spacial score (nSPS) is 16.3. The molecule has 3 aromatic rings. The molecule has 1 aliphatic heterocycles. The Labute approximate surface area is 164 Å². The number of amides is 1. The lowest BCUT2D eigenvalue weighted by molar-refractivity contribution is -0.131. The van der Waals surface area contributed by atoms with Crippen LogP contribution in [0, 0.1) is 5.82 Å². The van der Waals surface area contributed by atoms with E-state index in [4.69, 9.17) is 4.98 Å². The lowest BCUT2D eigenvalue weighted by Crippen LogP contribution is -2.32. The zero-order valence-corrected chi connectivity index (χ0v) is 15.6. The second-order valence-electron chi connectivity index (χ2n) is 7.10. The van der Waals surface area contributed by atoms with Crippen molar-refractivity contribution >= 4 is 5.91 Å². The highest BCUT2D eigenvalue weighted by Crippen LogP contribution is 2.31. The highest BCUT2D eigenvalue weighted by Gasteiger charge is 2.30. The van der Waals surface area contributed by atoms with E-state index in [-0.39, 0.29) is 17.8 Å². The molecule has 0 bridgehead atoms. The molecule has 28 heavy (non-hydrogen) atoms. The number of halogens is 1. The van der Waals surface area contributed by atoms with Crippen LogP contribution in [0.1, 0.15) is 41.4 Å². The first-order chi connectivity index (χ1) is 13.7. The van der Waals surface area contributed by atoms with Crippen LogP contribution in [0.2, 0.25) is 0 Å². The summed E-state index contributed by atoms with van der Waals surface area (Å²) in [5.74, 6) is -0.111. The van der Waals surface area contributed by atoms with Gasteiger partial charge >= 0.3 is 0 Å². The van der Waals surface area contributed by atoms with E-state index in [2.05, 4.69) is 4.98 Å². The number of benzene rings is 1. The van der Waals surface area contributed by atoms with Gasteiger partial charge in [-0.15, -0.1) is 0 Å². The van der Waals surface area contributed by atoms with Crippen LogP contribution in [0.4, 0.5) is 4.39 Å². The predicted molar refractivity (Wildman–Crippen MR) is 105 cm³/mol. The number of aromatic nitrogens is 2. The van der Waals surface area contributed by atoms with Crippen molar-refractivity contribution in [2.24, 2.45) is 0 Å². The molecule has 4 rings (SSSR count). The van der Waals surface area contributed by atoms with E-state index < -0.39 is 0 Å². The first-order valence-electron chi connectivity index (χ1n) is 9.58. The SMILES string of the molecule is O=C(Cc1ccncc1)N1CCC[C@@H]1c1cccc(Cc2ccccc2F)n1. The molecule has 1 amide bonds. The molecule has 0 saturated carbocycles. The van der Waals surface area contributed by atoms with Gasteiger partial charge in [0.05, 0.1) is 18.2 Å². The summed E-state index contributed by atoms with van der Waals surface area (Å²) in [5, 5.41) is 0. The highest BCUT2D eigenvalue weighted by atomic mass is 19.1. The summed E-state index contributed by atoms with van der Waals surface area (Å²) in [6, 6.07) is 16.3. The van der Waals surface area contributed by atoms with Crippen LogP contribution in [0.25, 0.3) is 0 Å². The molecule has 2 aromatic heterocycles. The van der Waals surface area contributed by atoms with Crippen molar-refractivity contribution in [3.8, 4) is 0 Å². The fraction of sp³-hybridized carbons (Fsp3) is 0.261. The number of carbonyl (C=O) groups is 1. The topological polar surface area (TPSA) is 46.1 Å². The Morgan fingerprint density at radius 2 is 1.89 bits per heavy atom. The number of pyridine rings is 2. The van der Waals surface area contributed by atoms with Crippen LogP contribution >= 0.6 is 0 Å². The van der Waals surface area contributed by atoms with E-state index in [1.165, 1.54) is 6.07 Å². The smallest absolute Gasteiger partial charge is 0.227 e. The Kier molecular flexibility index (Phi) is 5.42. The second-order valence-corrected chi connectivity index (χ2v) is 7.10. The summed E-state index contributed by atoms with van der Waals surface area (Å²) in [7, 11) is 0. The largest absolute Gasteiger partial charge is 0.334 e. The van der Waals surface area contributed by atoms with Crippen molar-refractivity contribution < 1.29 is 9.18 Å². The predicted octanol–water partition coefficient (Wildman–Crippen LogP) is 4.11. The fourth-order valence-corrected chi connectivity index (χ4v) is 3.77. The number of nitrogens with zero attached hydrogens (tertiary/aromatic N) is 3. The average molecular weight is 375 g/mol. The van der Waals surface area contributed by atoms with Gasteiger partial charge in [-0.05, 0) is 54.3 Å². The van der Waals surface area contributed by atoms with Crippen LogP contribution in [0.5, 0.6) is 0 Å². The molecule has 0 spiro atoms. The molecule has 5 heteroatoms. The number of rotatable bonds is 5. The van der Waals surface area contributed by atoms with Gasteiger partial charge in [-0.25, -0.2) is 4.39 Å². The standard InChI is InChI=1S/C23H22FN3O/c24-20-7-2-1-5-18(20)16-19-6-3-8-21(26-19)22-9-4-14-27(22)23(28)15-17-10-12-25-13-11-17/h1-3,5-8,10-13,22H,4,9,14-16H2/t22-/m1/s1. The molecule has 0 unspecified atom stereocenters. The minimum absolute atomic E-state index is 0.0186. The minimum Gasteiger partial charge on any atom is -0.334 e. The molecular formula is C23H22FN3O. The number of likely N-dealkylation sites (tertiary alicyclic amines) is 1. The van der Waals surface area contributed by atoms with Crippen LogP contribution < -0.4 is 0 Å². The van der Waals surface area contributed by atoms with Crippen molar-refractivity contribution in [2.75, 3.05) is 6.54 Å². The first-order valence-corrected chi connectivity index (χ1v) is 9.58. The molecule has 142 valence electrons. The van der Waals surface area contributed by atoms with E-state index in [0.29, 0.717) is 18.4 Å². The lowest BCUT2D eigenvalue weighted by atomic mass is 10.1. The first kappa shape index (κ1) is 18.3. The molecule has 0 aliphatic carbocycles. The molecule has 1 aromatic carbocycles. The Morgan fingerprint density at radius 3 is 2.71 bits per heavy atom. The summed E-state index contributed by atoms with van der Waals surface area (Å²) in [6.45, 7) is 0.744. The van der Waals surface area contributed by atoms with Crippen molar-refractivity contribution in [1.29, 1.82) is 0 Å². The molecule has 1 saturated heterocycles. The molecule has 4 nitrogen and oxygen atoms in total. The number of hydrogen-bond acceptors (Lipinski definition) is 3. The van der Waals surface area contributed by atoms with Gasteiger partial charge in [0.25, 0.3) is 0 Å². The summed E-state index contributed by atoms with van der Waals surface area (Å²) < 4.78 is 14.0. The summed E-state index contributed by atoms with van der Waals surface area (Å²) in [6.07, 6.45) is 6.09. The second kappa shape index (κ2) is 8.30. The maximum Gasteiger partial charge on any atom is 0.227 e. The monoisotopic (exact) mass is 375 g/mol. The Balaban J connectivity index is 1.51. The van der Waals surface area contributed by atoms with Gasteiger partial charge in [0.15, 0.2) is 0 Å². The van der Waals surface area contributed by atoms with Gasteiger partial charge < -0.3 is 4.90 Å². The molecule has 0 N–H and O–H groups in total. The third-order valence-electron chi connectivity index (χ3n) is 5.18. The van der Waals surface area contributed by atoms with Gasteiger partial charge in [0.2, 0.25) is 5.91 Å². The lowest BCUT2D eigenvalue weighted by Gasteiger charge is -2.25. The van der Waals surface area contributed by atoms with Crippen molar-refractivity contribution in [2.45, 2.75) is 31.7 Å². The van der Waals surface area contributed by atoms with E-state index in [1.807, 2.05) is 41.3 Å².